The van der Waals surface area contributed by atoms with Gasteiger partial charge in [-0.25, -0.2) is 9.98 Å². The van der Waals surface area contributed by atoms with Crippen LogP contribution in [0.25, 0.3) is 0 Å². The second-order valence-electron chi connectivity index (χ2n) is 6.35. The maximum atomic E-state index is 4.64. The summed E-state index contributed by atoms with van der Waals surface area (Å²) in [4.78, 5) is 8.86. The molecule has 1 aromatic heterocycles. The highest BCUT2D eigenvalue weighted by Crippen LogP contribution is 2.43. The second kappa shape index (κ2) is 9.17. The zero-order chi connectivity index (χ0) is 16.8. The number of guanidine groups is 1. The number of rotatable bonds is 6. The average molecular weight is 454 g/mol. The van der Waals surface area contributed by atoms with Crippen LogP contribution in [0.4, 0.5) is 0 Å². The molecule has 3 rings (SSSR count). The van der Waals surface area contributed by atoms with E-state index in [9.17, 15) is 0 Å². The molecule has 1 aliphatic rings. The van der Waals surface area contributed by atoms with Gasteiger partial charge in [0.1, 0.15) is 18.7 Å². The highest BCUT2D eigenvalue weighted by molar-refractivity contribution is 14.0. The lowest BCUT2D eigenvalue weighted by Gasteiger charge is -2.43. The van der Waals surface area contributed by atoms with Gasteiger partial charge < -0.3 is 10.6 Å². The Labute approximate surface area is 166 Å². The molecule has 1 fully saturated rings. The molecule has 0 atom stereocenters. The van der Waals surface area contributed by atoms with Crippen LogP contribution in [-0.2, 0) is 19.0 Å². The predicted molar refractivity (Wildman–Crippen MR) is 111 cm³/mol. The molecule has 6 nitrogen and oxygen atoms in total. The first-order chi connectivity index (χ1) is 11.7. The molecule has 1 saturated carbocycles. The lowest BCUT2D eigenvalue weighted by atomic mass is 9.64. The third kappa shape index (κ3) is 4.71. The van der Waals surface area contributed by atoms with Crippen molar-refractivity contribution in [3.05, 3.63) is 48.0 Å². The monoisotopic (exact) mass is 454 g/mol. The Morgan fingerprint density at radius 3 is 2.56 bits per heavy atom. The number of hydrogen-bond donors (Lipinski definition) is 2. The van der Waals surface area contributed by atoms with Gasteiger partial charge in [0.2, 0.25) is 0 Å². The maximum absolute atomic E-state index is 4.64. The van der Waals surface area contributed by atoms with E-state index in [2.05, 4.69) is 63.0 Å². The third-order valence-electron chi connectivity index (χ3n) is 4.82. The lowest BCUT2D eigenvalue weighted by molar-refractivity contribution is 0.244. The van der Waals surface area contributed by atoms with Crippen LogP contribution in [0, 0.1) is 0 Å². The normalized spacial score (nSPS) is 15.8. The minimum atomic E-state index is 0. The van der Waals surface area contributed by atoms with E-state index in [-0.39, 0.29) is 29.4 Å². The fraction of sp³-hybridized carbons (Fsp3) is 0.500. The summed E-state index contributed by atoms with van der Waals surface area (Å²) in [6.07, 6.45) is 5.31. The van der Waals surface area contributed by atoms with E-state index in [1.165, 1.54) is 24.8 Å². The molecule has 0 amide bonds. The van der Waals surface area contributed by atoms with Gasteiger partial charge in [0, 0.05) is 25.6 Å². The van der Waals surface area contributed by atoms with Gasteiger partial charge in [-0.15, -0.1) is 24.0 Å². The van der Waals surface area contributed by atoms with Crippen LogP contribution < -0.4 is 10.6 Å². The summed E-state index contributed by atoms with van der Waals surface area (Å²) in [7, 11) is 1.89. The van der Waals surface area contributed by atoms with Gasteiger partial charge in [0.15, 0.2) is 5.96 Å². The van der Waals surface area contributed by atoms with Crippen molar-refractivity contribution >= 4 is 29.9 Å². The Bertz CT molecular complexity index is 678. The molecule has 1 heterocycles. The molecule has 2 N–H and O–H groups in total. The van der Waals surface area contributed by atoms with E-state index in [0.717, 1.165) is 24.9 Å². The minimum absolute atomic E-state index is 0. The second-order valence-corrected chi connectivity index (χ2v) is 6.35. The molecule has 1 aliphatic carbocycles. The SMILES string of the molecule is CCNC(=NCc1ncnn1C)NCC1(c2ccccc2)CCC1.I. The molecule has 2 aromatic rings. The summed E-state index contributed by atoms with van der Waals surface area (Å²) >= 11 is 0. The number of nitrogens with zero attached hydrogens (tertiary/aromatic N) is 4. The van der Waals surface area contributed by atoms with E-state index in [1.807, 2.05) is 7.05 Å². The average Bonchev–Trinajstić information content (AvgIpc) is 2.97. The van der Waals surface area contributed by atoms with Crippen LogP contribution in [0.5, 0.6) is 0 Å². The zero-order valence-corrected chi connectivity index (χ0v) is 17.2. The first kappa shape index (κ1) is 19.7. The fourth-order valence-corrected chi connectivity index (χ4v) is 3.17. The van der Waals surface area contributed by atoms with Crippen molar-refractivity contribution in [3.8, 4) is 0 Å². The van der Waals surface area contributed by atoms with E-state index in [4.69, 9.17) is 0 Å². The molecule has 0 saturated heterocycles. The van der Waals surface area contributed by atoms with E-state index >= 15 is 0 Å². The Morgan fingerprint density at radius 1 is 1.24 bits per heavy atom. The highest BCUT2D eigenvalue weighted by atomic mass is 127. The molecule has 7 heteroatoms. The highest BCUT2D eigenvalue weighted by Gasteiger charge is 2.38. The van der Waals surface area contributed by atoms with Crippen LogP contribution in [0.3, 0.4) is 0 Å². The van der Waals surface area contributed by atoms with Crippen LogP contribution in [0.2, 0.25) is 0 Å². The largest absolute Gasteiger partial charge is 0.357 e. The smallest absolute Gasteiger partial charge is 0.191 e. The van der Waals surface area contributed by atoms with Crippen molar-refractivity contribution in [1.29, 1.82) is 0 Å². The van der Waals surface area contributed by atoms with Crippen molar-refractivity contribution in [2.75, 3.05) is 13.1 Å². The van der Waals surface area contributed by atoms with Crippen molar-refractivity contribution in [3.63, 3.8) is 0 Å². The van der Waals surface area contributed by atoms with Gasteiger partial charge >= 0.3 is 0 Å². The number of aliphatic imine (C=N–C) groups is 1. The van der Waals surface area contributed by atoms with Gasteiger partial charge in [-0.2, -0.15) is 5.10 Å². The summed E-state index contributed by atoms with van der Waals surface area (Å²) < 4.78 is 1.75. The van der Waals surface area contributed by atoms with Crippen molar-refractivity contribution < 1.29 is 0 Å². The van der Waals surface area contributed by atoms with E-state index in [1.54, 1.807) is 11.0 Å². The van der Waals surface area contributed by atoms with Crippen molar-refractivity contribution in [1.82, 2.24) is 25.4 Å². The van der Waals surface area contributed by atoms with E-state index < -0.39 is 0 Å². The first-order valence-corrected chi connectivity index (χ1v) is 8.64. The summed E-state index contributed by atoms with van der Waals surface area (Å²) in [5, 5.41) is 10.9. The fourth-order valence-electron chi connectivity index (χ4n) is 3.17. The molecule has 1 aromatic carbocycles. The molecule has 0 aliphatic heterocycles. The van der Waals surface area contributed by atoms with Crippen molar-refractivity contribution in [2.24, 2.45) is 12.0 Å². The number of aromatic nitrogens is 3. The zero-order valence-electron chi connectivity index (χ0n) is 14.9. The Balaban J connectivity index is 0.00000225. The number of halogens is 1. The molecule has 25 heavy (non-hydrogen) atoms. The van der Waals surface area contributed by atoms with Gasteiger partial charge in [-0.05, 0) is 25.3 Å². The van der Waals surface area contributed by atoms with Crippen LogP contribution in [-0.4, -0.2) is 33.8 Å². The molecule has 136 valence electrons. The minimum Gasteiger partial charge on any atom is -0.357 e. The summed E-state index contributed by atoms with van der Waals surface area (Å²) in [6.45, 7) is 4.34. The topological polar surface area (TPSA) is 67.1 Å². The Kier molecular flexibility index (Phi) is 7.22. The van der Waals surface area contributed by atoms with Crippen molar-refractivity contribution in [2.45, 2.75) is 38.1 Å². The Hall–Kier alpha value is -1.64. The predicted octanol–water partition coefficient (Wildman–Crippen LogP) is 2.61. The van der Waals surface area contributed by atoms with Gasteiger partial charge in [-0.1, -0.05) is 36.8 Å². The lowest BCUT2D eigenvalue weighted by Crippen LogP contribution is -2.48. The summed E-state index contributed by atoms with van der Waals surface area (Å²) in [5.74, 6) is 1.69. The number of hydrogen-bond acceptors (Lipinski definition) is 3. The maximum Gasteiger partial charge on any atom is 0.191 e. The number of benzene rings is 1. The van der Waals surface area contributed by atoms with E-state index in [0.29, 0.717) is 6.54 Å². The third-order valence-corrected chi connectivity index (χ3v) is 4.82. The molecular weight excluding hydrogens is 427 g/mol. The van der Waals surface area contributed by atoms with Gasteiger partial charge in [-0.3, -0.25) is 4.68 Å². The molecular formula is C18H27IN6. The number of aryl methyl sites for hydroxylation is 1. The molecule has 0 unspecified atom stereocenters. The van der Waals surface area contributed by atoms with Crippen LogP contribution in [0.15, 0.2) is 41.7 Å². The summed E-state index contributed by atoms with van der Waals surface area (Å²) in [5.41, 5.74) is 1.66. The summed E-state index contributed by atoms with van der Waals surface area (Å²) in [6, 6.07) is 10.8. The first-order valence-electron chi connectivity index (χ1n) is 8.64. The standard InChI is InChI=1S/C18H26N6.HI/c1-3-19-17(20-12-16-22-14-23-24(16)2)21-13-18(10-7-11-18)15-8-5-4-6-9-15;/h4-6,8-9,14H,3,7,10-13H2,1-2H3,(H2,19,20,21);1H. The Morgan fingerprint density at radius 2 is 2.00 bits per heavy atom. The molecule has 0 radical (unpaired) electrons. The number of nitrogens with one attached hydrogen (secondary N) is 2. The van der Waals surface area contributed by atoms with Gasteiger partial charge in [0.25, 0.3) is 0 Å². The van der Waals surface area contributed by atoms with Gasteiger partial charge in [0.05, 0.1) is 0 Å². The quantitative estimate of drug-likeness (QED) is 0.400. The molecule has 0 bridgehead atoms. The van der Waals surface area contributed by atoms with Crippen LogP contribution >= 0.6 is 24.0 Å². The molecule has 0 spiro atoms. The van der Waals surface area contributed by atoms with Crippen LogP contribution in [0.1, 0.15) is 37.6 Å².